The summed E-state index contributed by atoms with van der Waals surface area (Å²) in [6, 6.07) is 3.37. The molecule has 190 valence electrons. The lowest BCUT2D eigenvalue weighted by atomic mass is 10.0. The minimum atomic E-state index is -1.15. The number of aliphatic carboxylic acids is 1. The molecule has 0 aliphatic rings. The van der Waals surface area contributed by atoms with Crippen LogP contribution in [0.4, 0.5) is 0 Å². The van der Waals surface area contributed by atoms with Crippen LogP contribution in [0, 0.1) is 5.92 Å². The van der Waals surface area contributed by atoms with Crippen LogP contribution in [0.1, 0.15) is 45.1 Å². The van der Waals surface area contributed by atoms with E-state index in [1.54, 1.807) is 12.1 Å². The molecule has 0 heterocycles. The van der Waals surface area contributed by atoms with Crippen molar-refractivity contribution in [1.82, 2.24) is 16.0 Å². The van der Waals surface area contributed by atoms with Crippen LogP contribution in [0.2, 0.25) is 0 Å². The first-order valence-electron chi connectivity index (χ1n) is 11.4. The van der Waals surface area contributed by atoms with Gasteiger partial charge in [0.05, 0.1) is 12.6 Å². The van der Waals surface area contributed by atoms with Crippen molar-refractivity contribution in [2.75, 3.05) is 13.1 Å². The molecular weight excluding hydrogens is 442 g/mol. The van der Waals surface area contributed by atoms with Gasteiger partial charge in [0.1, 0.15) is 17.8 Å². The van der Waals surface area contributed by atoms with E-state index in [0.717, 1.165) is 5.56 Å². The number of nitrogens with one attached hydrogen (secondary N) is 3. The van der Waals surface area contributed by atoms with Crippen LogP contribution in [0.3, 0.4) is 0 Å². The molecule has 0 aromatic heterocycles. The molecule has 0 unspecified atom stereocenters. The van der Waals surface area contributed by atoms with Gasteiger partial charge in [-0.1, -0.05) is 26.0 Å². The highest BCUT2D eigenvalue weighted by Gasteiger charge is 2.25. The Hall–Kier alpha value is -3.18. The second kappa shape index (κ2) is 14.9. The molecule has 9 N–H and O–H groups in total. The Bertz CT molecular complexity index is 815. The number of amides is 3. The number of hydrogen-bond acceptors (Lipinski definition) is 7. The molecule has 3 atom stereocenters. The van der Waals surface area contributed by atoms with Crippen LogP contribution in [-0.4, -0.2) is 65.1 Å². The van der Waals surface area contributed by atoms with Gasteiger partial charge < -0.3 is 37.6 Å². The van der Waals surface area contributed by atoms with Crippen LogP contribution in [-0.2, 0) is 25.6 Å². The first-order chi connectivity index (χ1) is 16.0. The van der Waals surface area contributed by atoms with E-state index in [1.807, 2.05) is 13.8 Å². The molecular formula is C23H37N5O6. The van der Waals surface area contributed by atoms with Gasteiger partial charge in [-0.3, -0.25) is 14.4 Å². The molecule has 1 aromatic carbocycles. The summed E-state index contributed by atoms with van der Waals surface area (Å²) in [6.45, 7) is 3.68. The average Bonchev–Trinajstić information content (AvgIpc) is 2.77. The zero-order valence-electron chi connectivity index (χ0n) is 19.8. The van der Waals surface area contributed by atoms with Crippen LogP contribution >= 0.6 is 0 Å². The summed E-state index contributed by atoms with van der Waals surface area (Å²) < 4.78 is 0. The van der Waals surface area contributed by atoms with Crippen LogP contribution in [0.15, 0.2) is 24.3 Å². The third kappa shape index (κ3) is 11.1. The van der Waals surface area contributed by atoms with Gasteiger partial charge in [0, 0.05) is 0 Å². The van der Waals surface area contributed by atoms with Gasteiger partial charge in [-0.2, -0.15) is 0 Å². The summed E-state index contributed by atoms with van der Waals surface area (Å²) in [5.74, 6) is -2.74. The van der Waals surface area contributed by atoms with Crippen molar-refractivity contribution in [2.45, 2.75) is 64.1 Å². The van der Waals surface area contributed by atoms with Gasteiger partial charge in [0.15, 0.2) is 0 Å². The summed E-state index contributed by atoms with van der Waals surface area (Å²) >= 11 is 0. The Morgan fingerprint density at radius 1 is 0.971 bits per heavy atom. The number of carbonyl (C=O) groups is 4. The minimum absolute atomic E-state index is 0.0592. The number of carbonyl (C=O) groups excluding carboxylic acids is 3. The van der Waals surface area contributed by atoms with Gasteiger partial charge in [-0.05, 0) is 62.3 Å². The molecule has 0 spiro atoms. The van der Waals surface area contributed by atoms with E-state index in [1.165, 1.54) is 12.1 Å². The maximum atomic E-state index is 12.7. The molecule has 0 saturated carbocycles. The van der Waals surface area contributed by atoms with Crippen molar-refractivity contribution in [2.24, 2.45) is 17.4 Å². The molecule has 3 amide bonds. The third-order valence-electron chi connectivity index (χ3n) is 5.07. The summed E-state index contributed by atoms with van der Waals surface area (Å²) in [6.07, 6.45) is 1.98. The topological polar surface area (TPSA) is 197 Å². The Labute approximate surface area is 199 Å². The number of hydrogen-bond donors (Lipinski definition) is 7. The number of phenols is 1. The molecule has 0 fully saturated rings. The van der Waals surface area contributed by atoms with Crippen LogP contribution in [0.5, 0.6) is 5.75 Å². The monoisotopic (exact) mass is 479 g/mol. The second-order valence-corrected chi connectivity index (χ2v) is 8.63. The molecule has 0 bridgehead atoms. The van der Waals surface area contributed by atoms with Gasteiger partial charge >= 0.3 is 5.97 Å². The number of nitrogens with two attached hydrogens (primary N) is 2. The highest BCUT2D eigenvalue weighted by Crippen LogP contribution is 2.11. The second-order valence-electron chi connectivity index (χ2n) is 8.63. The molecule has 11 heteroatoms. The van der Waals surface area contributed by atoms with E-state index in [0.29, 0.717) is 25.8 Å². The zero-order valence-corrected chi connectivity index (χ0v) is 19.8. The predicted octanol–water partition coefficient (Wildman–Crippen LogP) is -0.392. The fraction of sp³-hybridized carbons (Fsp3) is 0.565. The van der Waals surface area contributed by atoms with Crippen molar-refractivity contribution in [3.63, 3.8) is 0 Å². The normalized spacial score (nSPS) is 13.6. The molecule has 1 aromatic rings. The molecule has 11 nitrogen and oxygen atoms in total. The maximum absolute atomic E-state index is 12.7. The quantitative estimate of drug-likeness (QED) is 0.165. The van der Waals surface area contributed by atoms with E-state index in [4.69, 9.17) is 11.5 Å². The molecule has 1 rings (SSSR count). The standard InChI is InChI=1S/C23H37N5O6/c1-14(2)11-19(23(33)34)27-20(30)13-26-22(32)18(5-3-4-10-24)28-21(31)17(25)12-15-6-8-16(29)9-7-15/h6-9,14,17-19,29H,3-5,10-13,24-25H2,1-2H3,(H,26,32)(H,27,30)(H,28,31)(H,33,34)/t17-,18-,19-/m0/s1. The molecule has 0 aliphatic carbocycles. The molecule has 0 saturated heterocycles. The van der Waals surface area contributed by atoms with Crippen LogP contribution < -0.4 is 27.4 Å². The summed E-state index contributed by atoms with van der Waals surface area (Å²) in [5.41, 5.74) is 12.2. The maximum Gasteiger partial charge on any atom is 0.326 e. The fourth-order valence-corrected chi connectivity index (χ4v) is 3.25. The van der Waals surface area contributed by atoms with Gasteiger partial charge in [0.2, 0.25) is 17.7 Å². The lowest BCUT2D eigenvalue weighted by molar-refractivity contribution is -0.142. The van der Waals surface area contributed by atoms with E-state index in [-0.39, 0.29) is 24.5 Å². The Kier molecular flexibility index (Phi) is 12.6. The van der Waals surface area contributed by atoms with Crippen molar-refractivity contribution >= 4 is 23.7 Å². The summed E-state index contributed by atoms with van der Waals surface area (Å²) in [7, 11) is 0. The Morgan fingerprint density at radius 2 is 1.62 bits per heavy atom. The van der Waals surface area contributed by atoms with E-state index < -0.39 is 48.4 Å². The number of rotatable bonds is 15. The van der Waals surface area contributed by atoms with Gasteiger partial charge in [-0.15, -0.1) is 0 Å². The number of carboxylic acids is 1. The first-order valence-corrected chi connectivity index (χ1v) is 11.4. The predicted molar refractivity (Wildman–Crippen MR) is 127 cm³/mol. The zero-order chi connectivity index (χ0) is 25.7. The van der Waals surface area contributed by atoms with Crippen molar-refractivity contribution in [3.05, 3.63) is 29.8 Å². The Morgan fingerprint density at radius 3 is 2.18 bits per heavy atom. The van der Waals surface area contributed by atoms with E-state index >= 15 is 0 Å². The van der Waals surface area contributed by atoms with Crippen molar-refractivity contribution in [1.29, 1.82) is 0 Å². The van der Waals surface area contributed by atoms with Gasteiger partial charge in [-0.25, -0.2) is 4.79 Å². The van der Waals surface area contributed by atoms with Gasteiger partial charge in [0.25, 0.3) is 0 Å². The van der Waals surface area contributed by atoms with E-state index in [2.05, 4.69) is 16.0 Å². The van der Waals surface area contributed by atoms with Crippen LogP contribution in [0.25, 0.3) is 0 Å². The largest absolute Gasteiger partial charge is 0.508 e. The third-order valence-corrected chi connectivity index (χ3v) is 5.07. The molecule has 34 heavy (non-hydrogen) atoms. The minimum Gasteiger partial charge on any atom is -0.508 e. The number of aromatic hydroxyl groups is 1. The smallest absolute Gasteiger partial charge is 0.326 e. The first kappa shape index (κ1) is 28.9. The molecule has 0 radical (unpaired) electrons. The van der Waals surface area contributed by atoms with E-state index in [9.17, 15) is 29.4 Å². The highest BCUT2D eigenvalue weighted by molar-refractivity contribution is 5.92. The lowest BCUT2D eigenvalue weighted by Crippen LogP contribution is -2.53. The fourth-order valence-electron chi connectivity index (χ4n) is 3.25. The summed E-state index contributed by atoms with van der Waals surface area (Å²) in [4.78, 5) is 48.7. The average molecular weight is 480 g/mol. The Balaban J connectivity index is 2.68. The number of carboxylic acid groups (broad SMARTS) is 1. The number of benzene rings is 1. The van der Waals surface area contributed by atoms with Crippen molar-refractivity contribution < 1.29 is 29.4 Å². The molecule has 0 aliphatic heterocycles. The summed E-state index contributed by atoms with van der Waals surface area (Å²) in [5, 5.41) is 26.1. The number of phenolic OH excluding ortho intramolecular Hbond substituents is 1. The lowest BCUT2D eigenvalue weighted by Gasteiger charge is -2.21. The number of unbranched alkanes of at least 4 members (excludes halogenated alkanes) is 1. The SMILES string of the molecule is CC(C)C[C@H](NC(=O)CNC(=O)[C@H](CCCCN)NC(=O)[C@@H](N)Cc1ccc(O)cc1)C(=O)O. The highest BCUT2D eigenvalue weighted by atomic mass is 16.4. The van der Waals surface area contributed by atoms with Crippen molar-refractivity contribution in [3.8, 4) is 5.75 Å².